The molecule has 1 aliphatic rings. The summed E-state index contributed by atoms with van der Waals surface area (Å²) in [5.41, 5.74) is 6.51. The van der Waals surface area contributed by atoms with Crippen LogP contribution in [0.15, 0.2) is 24.4 Å². The van der Waals surface area contributed by atoms with E-state index in [1.165, 1.54) is 0 Å². The largest absolute Gasteiger partial charge is 0.345 e. The molecule has 4 nitrogen and oxygen atoms in total. The normalized spacial score (nSPS) is 17.0. The Morgan fingerprint density at radius 3 is 2.78 bits per heavy atom. The molecule has 18 heavy (non-hydrogen) atoms. The molecular weight excluding hydrogens is 226 g/mol. The lowest BCUT2D eigenvalue weighted by atomic mass is 9.68. The van der Waals surface area contributed by atoms with Crippen LogP contribution in [0, 0.1) is 5.41 Å². The van der Waals surface area contributed by atoms with E-state index in [0.29, 0.717) is 13.1 Å². The van der Waals surface area contributed by atoms with Crippen LogP contribution in [-0.4, -0.2) is 35.9 Å². The Bertz CT molecular complexity index is 395. The molecule has 1 saturated carbocycles. The fourth-order valence-electron chi connectivity index (χ4n) is 2.44. The van der Waals surface area contributed by atoms with E-state index in [9.17, 15) is 4.79 Å². The predicted molar refractivity (Wildman–Crippen MR) is 70.9 cm³/mol. The molecule has 0 unspecified atom stereocenters. The van der Waals surface area contributed by atoms with Gasteiger partial charge in [0.15, 0.2) is 0 Å². The maximum atomic E-state index is 12.3. The second-order valence-electron chi connectivity index (χ2n) is 5.14. The molecule has 0 aromatic carbocycles. The van der Waals surface area contributed by atoms with Crippen LogP contribution >= 0.6 is 0 Å². The monoisotopic (exact) mass is 247 g/mol. The van der Waals surface area contributed by atoms with Crippen molar-refractivity contribution >= 4 is 5.91 Å². The summed E-state index contributed by atoms with van der Waals surface area (Å²) in [5, 5.41) is 0. The summed E-state index contributed by atoms with van der Waals surface area (Å²) < 4.78 is 0. The second kappa shape index (κ2) is 5.48. The zero-order chi connectivity index (χ0) is 13.0. The Labute approximate surface area is 108 Å². The molecule has 4 heteroatoms. The molecule has 1 fully saturated rings. The molecule has 0 spiro atoms. The van der Waals surface area contributed by atoms with E-state index >= 15 is 0 Å². The van der Waals surface area contributed by atoms with Crippen LogP contribution in [0.1, 0.15) is 25.0 Å². The summed E-state index contributed by atoms with van der Waals surface area (Å²) >= 11 is 0. The zero-order valence-corrected chi connectivity index (χ0v) is 10.9. The lowest BCUT2D eigenvalue weighted by Gasteiger charge is -2.41. The Morgan fingerprint density at radius 1 is 1.50 bits per heavy atom. The van der Waals surface area contributed by atoms with Crippen LogP contribution in [0.5, 0.6) is 0 Å². The molecule has 0 atom stereocenters. The number of hydrogen-bond donors (Lipinski definition) is 1. The minimum atomic E-state index is -0.265. The average Bonchev–Trinajstić information content (AvgIpc) is 2.36. The number of pyridine rings is 1. The minimum absolute atomic E-state index is 0.201. The van der Waals surface area contributed by atoms with Gasteiger partial charge in [-0.25, -0.2) is 0 Å². The van der Waals surface area contributed by atoms with Crippen LogP contribution < -0.4 is 5.73 Å². The number of amides is 1. The van der Waals surface area contributed by atoms with Crippen LogP contribution in [0.25, 0.3) is 0 Å². The Balaban J connectivity index is 1.88. The number of aromatic nitrogens is 1. The Morgan fingerprint density at radius 2 is 2.28 bits per heavy atom. The van der Waals surface area contributed by atoms with Crippen LogP contribution in [0.2, 0.25) is 0 Å². The first-order valence-electron chi connectivity index (χ1n) is 6.53. The van der Waals surface area contributed by atoms with Gasteiger partial charge in [-0.3, -0.25) is 9.78 Å². The standard InChI is InChI=1S/C14H21N3O/c1-17(10-6-12-5-2-3-9-16-12)13(18)14(11-15)7-4-8-14/h2-3,5,9H,4,6-8,10-11,15H2,1H3. The molecule has 2 N–H and O–H groups in total. The highest BCUT2D eigenvalue weighted by atomic mass is 16.2. The molecule has 1 aromatic rings. The number of carbonyl (C=O) groups excluding carboxylic acids is 1. The molecule has 1 aliphatic carbocycles. The highest BCUT2D eigenvalue weighted by Crippen LogP contribution is 2.41. The fraction of sp³-hybridized carbons (Fsp3) is 0.571. The number of rotatable bonds is 5. The Kier molecular flexibility index (Phi) is 3.97. The van der Waals surface area contributed by atoms with Crippen molar-refractivity contribution in [2.75, 3.05) is 20.1 Å². The van der Waals surface area contributed by atoms with Crippen molar-refractivity contribution in [3.8, 4) is 0 Å². The van der Waals surface area contributed by atoms with Crippen molar-refractivity contribution in [1.29, 1.82) is 0 Å². The average molecular weight is 247 g/mol. The molecule has 2 rings (SSSR count). The lowest BCUT2D eigenvalue weighted by Crippen LogP contribution is -2.51. The molecule has 1 amide bonds. The van der Waals surface area contributed by atoms with E-state index in [1.54, 1.807) is 11.1 Å². The molecule has 1 aromatic heterocycles. The van der Waals surface area contributed by atoms with E-state index in [0.717, 1.165) is 31.4 Å². The van der Waals surface area contributed by atoms with E-state index < -0.39 is 0 Å². The summed E-state index contributed by atoms with van der Waals surface area (Å²) in [4.78, 5) is 18.4. The van der Waals surface area contributed by atoms with Gasteiger partial charge in [0.2, 0.25) is 5.91 Å². The summed E-state index contributed by atoms with van der Waals surface area (Å²) in [7, 11) is 1.86. The lowest BCUT2D eigenvalue weighted by molar-refractivity contribution is -0.145. The molecular formula is C14H21N3O. The summed E-state index contributed by atoms with van der Waals surface area (Å²) in [6.45, 7) is 1.18. The van der Waals surface area contributed by atoms with Crippen molar-refractivity contribution < 1.29 is 4.79 Å². The fourth-order valence-corrected chi connectivity index (χ4v) is 2.44. The maximum Gasteiger partial charge on any atom is 0.229 e. The zero-order valence-electron chi connectivity index (χ0n) is 10.9. The van der Waals surface area contributed by atoms with Gasteiger partial charge in [-0.2, -0.15) is 0 Å². The second-order valence-corrected chi connectivity index (χ2v) is 5.14. The number of likely N-dealkylation sites (N-methyl/N-ethyl adjacent to an activating group) is 1. The summed E-state index contributed by atoms with van der Waals surface area (Å²) in [6.07, 6.45) is 5.58. The molecule has 0 bridgehead atoms. The quantitative estimate of drug-likeness (QED) is 0.851. The molecule has 0 saturated heterocycles. The van der Waals surface area contributed by atoms with E-state index in [4.69, 9.17) is 5.73 Å². The van der Waals surface area contributed by atoms with Gasteiger partial charge in [-0.15, -0.1) is 0 Å². The molecule has 0 aliphatic heterocycles. The SMILES string of the molecule is CN(CCc1ccccn1)C(=O)C1(CN)CCC1. The molecule has 1 heterocycles. The minimum Gasteiger partial charge on any atom is -0.345 e. The first-order chi connectivity index (χ1) is 8.68. The van der Waals surface area contributed by atoms with Gasteiger partial charge >= 0.3 is 0 Å². The van der Waals surface area contributed by atoms with Gasteiger partial charge in [0.05, 0.1) is 5.41 Å². The van der Waals surface area contributed by atoms with Gasteiger partial charge in [0, 0.05) is 38.4 Å². The predicted octanol–water partition coefficient (Wildman–Crippen LogP) is 1.21. The van der Waals surface area contributed by atoms with Gasteiger partial charge in [-0.1, -0.05) is 12.5 Å². The number of hydrogen-bond acceptors (Lipinski definition) is 3. The third kappa shape index (κ3) is 2.53. The van der Waals surface area contributed by atoms with Crippen LogP contribution in [-0.2, 0) is 11.2 Å². The highest BCUT2D eigenvalue weighted by molar-refractivity contribution is 5.83. The first-order valence-corrected chi connectivity index (χ1v) is 6.53. The highest BCUT2D eigenvalue weighted by Gasteiger charge is 2.44. The summed E-state index contributed by atoms with van der Waals surface area (Å²) in [6, 6.07) is 5.86. The van der Waals surface area contributed by atoms with Gasteiger partial charge in [0.25, 0.3) is 0 Å². The maximum absolute atomic E-state index is 12.3. The first kappa shape index (κ1) is 13.0. The van der Waals surface area contributed by atoms with Crippen LogP contribution in [0.3, 0.4) is 0 Å². The van der Waals surface area contributed by atoms with E-state index in [1.807, 2.05) is 25.2 Å². The number of carbonyl (C=O) groups is 1. The molecule has 98 valence electrons. The van der Waals surface area contributed by atoms with Crippen molar-refractivity contribution in [2.45, 2.75) is 25.7 Å². The Hall–Kier alpha value is -1.42. The topological polar surface area (TPSA) is 59.2 Å². The van der Waals surface area contributed by atoms with Crippen LogP contribution in [0.4, 0.5) is 0 Å². The van der Waals surface area contributed by atoms with Crippen molar-refractivity contribution in [3.63, 3.8) is 0 Å². The third-order valence-corrected chi connectivity index (χ3v) is 3.93. The summed E-state index contributed by atoms with van der Waals surface area (Å²) in [5.74, 6) is 0.201. The molecule has 0 radical (unpaired) electrons. The van der Waals surface area contributed by atoms with Gasteiger partial charge in [-0.05, 0) is 25.0 Å². The van der Waals surface area contributed by atoms with E-state index in [2.05, 4.69) is 4.98 Å². The smallest absolute Gasteiger partial charge is 0.229 e. The number of nitrogens with zero attached hydrogens (tertiary/aromatic N) is 2. The number of nitrogens with two attached hydrogens (primary N) is 1. The van der Waals surface area contributed by atoms with Gasteiger partial charge in [0.1, 0.15) is 0 Å². The van der Waals surface area contributed by atoms with Crippen molar-refractivity contribution in [1.82, 2.24) is 9.88 Å². The third-order valence-electron chi connectivity index (χ3n) is 3.93. The van der Waals surface area contributed by atoms with Crippen molar-refractivity contribution in [3.05, 3.63) is 30.1 Å². The van der Waals surface area contributed by atoms with E-state index in [-0.39, 0.29) is 11.3 Å². The van der Waals surface area contributed by atoms with Crippen molar-refractivity contribution in [2.24, 2.45) is 11.1 Å². The van der Waals surface area contributed by atoms with Gasteiger partial charge < -0.3 is 10.6 Å².